The van der Waals surface area contributed by atoms with Gasteiger partial charge in [-0.3, -0.25) is 19.1 Å². The molecule has 1 atom stereocenters. The lowest BCUT2D eigenvalue weighted by Crippen LogP contribution is -2.38. The second-order valence-electron chi connectivity index (χ2n) is 7.34. The monoisotopic (exact) mass is 385 g/mol. The van der Waals surface area contributed by atoms with Crippen molar-refractivity contribution in [2.75, 3.05) is 5.32 Å². The van der Waals surface area contributed by atoms with E-state index in [4.69, 9.17) is 0 Å². The van der Waals surface area contributed by atoms with Crippen LogP contribution in [0.5, 0.6) is 0 Å². The second kappa shape index (κ2) is 6.17. The van der Waals surface area contributed by atoms with E-state index in [0.717, 1.165) is 16.7 Å². The molecular formula is C23H19N3O3. The largest absolute Gasteiger partial charge is 0.340 e. The molecule has 1 aliphatic heterocycles. The first-order valence-corrected chi connectivity index (χ1v) is 9.60. The summed E-state index contributed by atoms with van der Waals surface area (Å²) in [4.78, 5) is 41.2. The van der Waals surface area contributed by atoms with Crippen LogP contribution in [0.25, 0.3) is 5.70 Å². The third kappa shape index (κ3) is 2.32. The predicted molar refractivity (Wildman–Crippen MR) is 111 cm³/mol. The summed E-state index contributed by atoms with van der Waals surface area (Å²) in [5.74, 6) is -0.182. The Morgan fingerprint density at radius 3 is 2.38 bits per heavy atom. The first-order valence-electron chi connectivity index (χ1n) is 9.60. The van der Waals surface area contributed by atoms with Gasteiger partial charge in [-0.2, -0.15) is 0 Å². The standard InChI is InChI=1S/C23H19N3O3/c1-3-26-21-18(22(28)25-23(26)29)16(13-9-5-4-8-12(13)2)17-19(24-21)14-10-6-7-11-15(14)20(17)27/h4-11,16,24H,3H2,1-2H3,(H,25,28,29)/t16-/m0/s1. The number of aromatic amines is 1. The van der Waals surface area contributed by atoms with Crippen LogP contribution < -0.4 is 16.6 Å². The van der Waals surface area contributed by atoms with Gasteiger partial charge in [0.15, 0.2) is 5.78 Å². The van der Waals surface area contributed by atoms with Crippen LogP contribution >= 0.6 is 0 Å². The number of allylic oxidation sites excluding steroid dienone is 1. The Labute approximate surface area is 166 Å². The fourth-order valence-corrected chi connectivity index (χ4v) is 4.49. The third-order valence-corrected chi connectivity index (χ3v) is 5.83. The SMILES string of the molecule is CCn1c2c(c(=O)[nH]c1=O)[C@@H](c1ccccc1C)C1=C(N2)c2ccccc2C1=O. The van der Waals surface area contributed by atoms with Crippen LogP contribution in [-0.2, 0) is 6.54 Å². The molecule has 6 nitrogen and oxygen atoms in total. The van der Waals surface area contributed by atoms with Crippen molar-refractivity contribution < 1.29 is 4.79 Å². The zero-order valence-electron chi connectivity index (χ0n) is 16.1. The number of fused-ring (bicyclic) bond motifs is 3. The van der Waals surface area contributed by atoms with E-state index in [1.54, 1.807) is 6.07 Å². The van der Waals surface area contributed by atoms with E-state index in [1.807, 2.05) is 56.3 Å². The van der Waals surface area contributed by atoms with E-state index in [1.165, 1.54) is 4.57 Å². The highest BCUT2D eigenvalue weighted by molar-refractivity contribution is 6.23. The van der Waals surface area contributed by atoms with Crippen molar-refractivity contribution in [3.63, 3.8) is 0 Å². The number of ketones is 1. The van der Waals surface area contributed by atoms with E-state index < -0.39 is 17.2 Å². The maximum Gasteiger partial charge on any atom is 0.329 e. The highest BCUT2D eigenvalue weighted by atomic mass is 16.2. The van der Waals surface area contributed by atoms with Crippen molar-refractivity contribution in [3.05, 3.63) is 103 Å². The molecule has 0 saturated heterocycles. The van der Waals surface area contributed by atoms with Crippen LogP contribution in [0.15, 0.2) is 63.7 Å². The van der Waals surface area contributed by atoms with Gasteiger partial charge in [0.25, 0.3) is 5.56 Å². The molecule has 1 aromatic heterocycles. The maximum absolute atomic E-state index is 13.4. The van der Waals surface area contributed by atoms with Gasteiger partial charge in [0, 0.05) is 29.2 Å². The predicted octanol–water partition coefficient (Wildman–Crippen LogP) is 3.03. The van der Waals surface area contributed by atoms with Gasteiger partial charge in [-0.15, -0.1) is 0 Å². The van der Waals surface area contributed by atoms with Crippen molar-refractivity contribution in [1.82, 2.24) is 9.55 Å². The molecule has 0 spiro atoms. The molecule has 0 amide bonds. The van der Waals surface area contributed by atoms with Gasteiger partial charge in [-0.05, 0) is 25.0 Å². The van der Waals surface area contributed by atoms with Gasteiger partial charge < -0.3 is 5.32 Å². The van der Waals surface area contributed by atoms with Crippen LogP contribution in [0.2, 0.25) is 0 Å². The molecule has 2 aliphatic rings. The van der Waals surface area contributed by atoms with Gasteiger partial charge in [0.1, 0.15) is 5.82 Å². The summed E-state index contributed by atoms with van der Waals surface area (Å²) in [5.41, 5.74) is 3.98. The summed E-state index contributed by atoms with van der Waals surface area (Å²) < 4.78 is 1.51. The Bertz CT molecular complexity index is 1340. The van der Waals surface area contributed by atoms with Crippen molar-refractivity contribution in [3.8, 4) is 0 Å². The molecule has 0 unspecified atom stereocenters. The van der Waals surface area contributed by atoms with E-state index in [9.17, 15) is 14.4 Å². The Morgan fingerprint density at radius 2 is 1.66 bits per heavy atom. The number of hydrogen-bond acceptors (Lipinski definition) is 4. The topological polar surface area (TPSA) is 84.0 Å². The van der Waals surface area contributed by atoms with Gasteiger partial charge >= 0.3 is 5.69 Å². The fraction of sp³-hybridized carbons (Fsp3) is 0.174. The molecule has 0 radical (unpaired) electrons. The smallest absolute Gasteiger partial charge is 0.329 e. The normalized spacial score (nSPS) is 16.9. The number of nitrogens with zero attached hydrogens (tertiary/aromatic N) is 1. The quantitative estimate of drug-likeness (QED) is 0.710. The number of benzene rings is 2. The van der Waals surface area contributed by atoms with Crippen LogP contribution in [0, 0.1) is 6.92 Å². The summed E-state index contributed by atoms with van der Waals surface area (Å²) in [6.45, 7) is 4.21. The molecule has 5 rings (SSSR count). The zero-order chi connectivity index (χ0) is 20.3. The molecule has 2 aromatic carbocycles. The van der Waals surface area contributed by atoms with Crippen molar-refractivity contribution in [2.45, 2.75) is 26.3 Å². The molecule has 0 bridgehead atoms. The van der Waals surface area contributed by atoms with Gasteiger partial charge in [0.05, 0.1) is 11.3 Å². The minimum Gasteiger partial charge on any atom is -0.340 e. The number of nitrogens with one attached hydrogen (secondary N) is 2. The lowest BCUT2D eigenvalue weighted by Gasteiger charge is -2.30. The number of rotatable bonds is 2. The molecule has 3 aromatic rings. The Hall–Kier alpha value is -3.67. The molecule has 2 heterocycles. The summed E-state index contributed by atoms with van der Waals surface area (Å²) >= 11 is 0. The van der Waals surface area contributed by atoms with E-state index in [-0.39, 0.29) is 5.78 Å². The number of anilines is 1. The Morgan fingerprint density at radius 1 is 0.966 bits per heavy atom. The molecular weight excluding hydrogens is 366 g/mol. The summed E-state index contributed by atoms with van der Waals surface area (Å²) in [5, 5.41) is 3.27. The second-order valence-corrected chi connectivity index (χ2v) is 7.34. The molecule has 0 saturated carbocycles. The number of carbonyl (C=O) groups is 1. The van der Waals surface area contributed by atoms with Crippen LogP contribution in [0.4, 0.5) is 5.82 Å². The zero-order valence-corrected chi connectivity index (χ0v) is 16.1. The highest BCUT2D eigenvalue weighted by Gasteiger charge is 2.42. The molecule has 2 N–H and O–H groups in total. The molecule has 144 valence electrons. The molecule has 0 fully saturated rings. The van der Waals surface area contributed by atoms with Crippen molar-refractivity contribution in [2.24, 2.45) is 0 Å². The van der Waals surface area contributed by atoms with E-state index >= 15 is 0 Å². The Kier molecular flexibility index (Phi) is 3.71. The summed E-state index contributed by atoms with van der Waals surface area (Å²) in [7, 11) is 0. The van der Waals surface area contributed by atoms with Crippen molar-refractivity contribution in [1.29, 1.82) is 0 Å². The number of H-pyrrole nitrogens is 1. The number of aromatic nitrogens is 2. The molecule has 29 heavy (non-hydrogen) atoms. The average Bonchev–Trinajstić information content (AvgIpc) is 3.00. The van der Waals surface area contributed by atoms with Crippen molar-refractivity contribution >= 4 is 17.3 Å². The lowest BCUT2D eigenvalue weighted by atomic mass is 9.80. The lowest BCUT2D eigenvalue weighted by molar-refractivity contribution is 0.103. The fourth-order valence-electron chi connectivity index (χ4n) is 4.49. The first-order chi connectivity index (χ1) is 14.0. The van der Waals surface area contributed by atoms with Crippen LogP contribution in [0.3, 0.4) is 0 Å². The molecule has 1 aliphatic carbocycles. The minimum atomic E-state index is -0.551. The third-order valence-electron chi connectivity index (χ3n) is 5.83. The van der Waals surface area contributed by atoms with Gasteiger partial charge in [-0.1, -0.05) is 48.5 Å². The van der Waals surface area contributed by atoms with Gasteiger partial charge in [0.2, 0.25) is 0 Å². The van der Waals surface area contributed by atoms with Crippen LogP contribution in [-0.4, -0.2) is 15.3 Å². The Balaban J connectivity index is 1.90. The maximum atomic E-state index is 13.4. The van der Waals surface area contributed by atoms with E-state index in [0.29, 0.717) is 34.8 Å². The number of carbonyl (C=O) groups excluding carboxylic acids is 1. The van der Waals surface area contributed by atoms with E-state index in [2.05, 4.69) is 10.3 Å². The minimum absolute atomic E-state index is 0.0874. The number of Topliss-reactive ketones (excluding diaryl/α,β-unsaturated/α-hetero) is 1. The number of aryl methyl sites for hydroxylation is 1. The molecule has 6 heteroatoms. The average molecular weight is 385 g/mol. The summed E-state index contributed by atoms with van der Waals surface area (Å²) in [6.07, 6.45) is 0. The van der Waals surface area contributed by atoms with Crippen LogP contribution in [0.1, 0.15) is 45.5 Å². The van der Waals surface area contributed by atoms with Gasteiger partial charge in [-0.25, -0.2) is 4.79 Å². The first kappa shape index (κ1) is 17.4. The highest BCUT2D eigenvalue weighted by Crippen LogP contribution is 2.48. The number of hydrogen-bond donors (Lipinski definition) is 2. The summed E-state index contributed by atoms with van der Waals surface area (Å²) in [6, 6.07) is 15.1.